The van der Waals surface area contributed by atoms with Crippen molar-refractivity contribution in [2.75, 3.05) is 12.8 Å². The minimum Gasteiger partial charge on any atom is -0.416 e. The Morgan fingerprint density at radius 3 is 2.42 bits per heavy atom. The van der Waals surface area contributed by atoms with Gasteiger partial charge in [-0.2, -0.15) is 26.3 Å². The van der Waals surface area contributed by atoms with Crippen molar-refractivity contribution in [3.63, 3.8) is 0 Å². The van der Waals surface area contributed by atoms with Crippen molar-refractivity contribution >= 4 is 5.69 Å². The number of pyridine rings is 1. The first-order chi connectivity index (χ1) is 14.4. The molecule has 4 bridgehead atoms. The van der Waals surface area contributed by atoms with Crippen LogP contribution in [0.15, 0.2) is 10.5 Å². The summed E-state index contributed by atoms with van der Waals surface area (Å²) in [5, 5.41) is 17.1. The number of ether oxygens (including phenoxy) is 1. The monoisotopic (exact) mass is 454 g/mol. The number of alkyl halides is 6. The molecule has 0 radical (unpaired) electrons. The van der Waals surface area contributed by atoms with Gasteiger partial charge in [-0.15, -0.1) is 10.2 Å². The molecule has 3 N–H and O–H groups in total. The second-order valence-electron chi connectivity index (χ2n) is 7.30. The largest absolute Gasteiger partial charge is 0.426 e. The molecule has 31 heavy (non-hydrogen) atoms. The van der Waals surface area contributed by atoms with E-state index in [1.54, 1.807) is 0 Å². The lowest BCUT2D eigenvalue weighted by Crippen LogP contribution is -2.42. The van der Waals surface area contributed by atoms with Gasteiger partial charge in [0, 0.05) is 7.11 Å². The SMILES string of the molecule is CO[C@H]1CCCCCCC(O)(C(F)(F)F)c2nnc(o2)-c2nc1c(C(F)(F)F)cc2N. The molecule has 172 valence electrons. The van der Waals surface area contributed by atoms with Gasteiger partial charge in [0.2, 0.25) is 5.60 Å². The fourth-order valence-corrected chi connectivity index (χ4v) is 3.47. The van der Waals surface area contributed by atoms with E-state index in [0.717, 1.165) is 0 Å². The van der Waals surface area contributed by atoms with Crippen LogP contribution in [0.3, 0.4) is 0 Å². The van der Waals surface area contributed by atoms with Gasteiger partial charge in [-0.1, -0.05) is 19.3 Å². The third kappa shape index (κ3) is 4.47. The van der Waals surface area contributed by atoms with Gasteiger partial charge in [-0.3, -0.25) is 0 Å². The van der Waals surface area contributed by atoms with Crippen molar-refractivity contribution in [1.29, 1.82) is 0 Å². The van der Waals surface area contributed by atoms with E-state index in [1.807, 2.05) is 0 Å². The van der Waals surface area contributed by atoms with Gasteiger partial charge < -0.3 is 20.0 Å². The number of nitrogens with zero attached hydrogens (tertiary/aromatic N) is 3. The summed E-state index contributed by atoms with van der Waals surface area (Å²) in [6.07, 6.45) is -10.5. The maximum atomic E-state index is 13.6. The first kappa shape index (κ1) is 23.3. The highest BCUT2D eigenvalue weighted by molar-refractivity contribution is 5.67. The summed E-state index contributed by atoms with van der Waals surface area (Å²) in [5.74, 6) is -1.77. The van der Waals surface area contributed by atoms with Gasteiger partial charge >= 0.3 is 12.4 Å². The van der Waals surface area contributed by atoms with Crippen LogP contribution >= 0.6 is 0 Å². The molecule has 13 heteroatoms. The lowest BCUT2D eigenvalue weighted by molar-refractivity contribution is -0.277. The van der Waals surface area contributed by atoms with Gasteiger partial charge in [0.1, 0.15) is 0 Å². The molecular formula is C18H20F6N4O3. The first-order valence-electron chi connectivity index (χ1n) is 9.42. The molecule has 0 aliphatic carbocycles. The molecular weight excluding hydrogens is 434 g/mol. The molecule has 0 aromatic carbocycles. The standard InChI is InChI=1S/C18H20F6N4O3/c1-30-11-6-4-2-3-5-7-16(29,18(22,23)24)15-28-27-14(31-15)13-10(25)8-9(12(11)26-13)17(19,20)21/h8,11,29H,2-7,25H2,1H3/t11-,16?/m0/s1. The number of aromatic nitrogens is 3. The van der Waals surface area contributed by atoms with E-state index in [9.17, 15) is 31.4 Å². The van der Waals surface area contributed by atoms with E-state index >= 15 is 0 Å². The number of nitrogens with two attached hydrogens (primary N) is 1. The molecule has 3 rings (SSSR count). The maximum Gasteiger partial charge on any atom is 0.426 e. The Bertz CT molecular complexity index is 930. The quantitative estimate of drug-likeness (QED) is 0.610. The Balaban J connectivity index is 2.21. The van der Waals surface area contributed by atoms with E-state index < -0.39 is 64.9 Å². The van der Waals surface area contributed by atoms with Crippen LogP contribution in [0, 0.1) is 0 Å². The molecule has 3 heterocycles. The summed E-state index contributed by atoms with van der Waals surface area (Å²) in [5.41, 5.74) is -0.269. The smallest absolute Gasteiger partial charge is 0.416 e. The van der Waals surface area contributed by atoms with Crippen LogP contribution in [0.4, 0.5) is 32.0 Å². The molecule has 1 unspecified atom stereocenters. The van der Waals surface area contributed by atoms with E-state index in [1.165, 1.54) is 7.11 Å². The Labute approximate surface area is 172 Å². The van der Waals surface area contributed by atoms with Crippen molar-refractivity contribution in [3.8, 4) is 11.6 Å². The van der Waals surface area contributed by atoms with E-state index in [-0.39, 0.29) is 12.8 Å². The van der Waals surface area contributed by atoms with Crippen molar-refractivity contribution in [2.24, 2.45) is 0 Å². The van der Waals surface area contributed by atoms with Crippen LogP contribution in [0.5, 0.6) is 0 Å². The zero-order valence-electron chi connectivity index (χ0n) is 16.3. The topological polar surface area (TPSA) is 107 Å². The fourth-order valence-electron chi connectivity index (χ4n) is 3.47. The predicted octanol–water partition coefficient (Wildman–Crippen LogP) is 4.52. The molecule has 7 nitrogen and oxygen atoms in total. The third-order valence-electron chi connectivity index (χ3n) is 5.18. The average molecular weight is 454 g/mol. The molecule has 0 fully saturated rings. The van der Waals surface area contributed by atoms with Gasteiger partial charge in [0.15, 0.2) is 5.69 Å². The normalized spacial score (nSPS) is 23.4. The predicted molar refractivity (Wildman–Crippen MR) is 94.3 cm³/mol. The van der Waals surface area contributed by atoms with E-state index in [2.05, 4.69) is 15.2 Å². The Kier molecular flexibility index (Phi) is 6.20. The van der Waals surface area contributed by atoms with Crippen LogP contribution in [0.25, 0.3) is 11.6 Å². The summed E-state index contributed by atoms with van der Waals surface area (Å²) < 4.78 is 91.8. The van der Waals surface area contributed by atoms with Crippen molar-refractivity contribution < 1.29 is 40.6 Å². The summed E-state index contributed by atoms with van der Waals surface area (Å²) in [6, 6.07) is 0.607. The minimum atomic E-state index is -5.11. The number of hydrogen-bond donors (Lipinski definition) is 2. The van der Waals surface area contributed by atoms with Crippen molar-refractivity contribution in [1.82, 2.24) is 15.2 Å². The Hall–Kier alpha value is -2.41. The lowest BCUT2D eigenvalue weighted by Gasteiger charge is -2.27. The number of hydrogen-bond acceptors (Lipinski definition) is 7. The number of halogens is 6. The lowest BCUT2D eigenvalue weighted by atomic mass is 9.94. The zero-order valence-corrected chi connectivity index (χ0v) is 16.3. The maximum absolute atomic E-state index is 13.6. The fraction of sp³-hybridized carbons (Fsp3) is 0.611. The second kappa shape index (κ2) is 8.26. The average Bonchev–Trinajstić information content (AvgIpc) is 3.15. The highest BCUT2D eigenvalue weighted by atomic mass is 19.4. The van der Waals surface area contributed by atoms with Gasteiger partial charge in [-0.05, 0) is 25.3 Å². The number of rotatable bonds is 1. The zero-order chi connectivity index (χ0) is 23.0. The van der Waals surface area contributed by atoms with E-state index in [4.69, 9.17) is 14.9 Å². The number of methoxy groups -OCH3 is 1. The molecule has 2 atom stereocenters. The minimum absolute atomic E-state index is 0.0230. The first-order valence-corrected chi connectivity index (χ1v) is 9.42. The highest BCUT2D eigenvalue weighted by Crippen LogP contribution is 2.44. The van der Waals surface area contributed by atoms with Crippen LogP contribution in [0.2, 0.25) is 0 Å². The number of anilines is 1. The van der Waals surface area contributed by atoms with E-state index in [0.29, 0.717) is 25.3 Å². The summed E-state index contributed by atoms with van der Waals surface area (Å²) in [6.45, 7) is 0. The number of fused-ring (bicyclic) bond motifs is 5. The van der Waals surface area contributed by atoms with Crippen LogP contribution in [0.1, 0.15) is 61.8 Å². The van der Waals surface area contributed by atoms with Gasteiger partial charge in [0.05, 0.1) is 23.0 Å². The summed E-state index contributed by atoms with van der Waals surface area (Å²) in [4.78, 5) is 3.91. The van der Waals surface area contributed by atoms with Crippen molar-refractivity contribution in [2.45, 2.75) is 62.6 Å². The van der Waals surface area contributed by atoms with Crippen molar-refractivity contribution in [3.05, 3.63) is 23.2 Å². The Morgan fingerprint density at radius 2 is 1.81 bits per heavy atom. The molecule has 0 amide bonds. The molecule has 0 saturated heterocycles. The number of nitrogen functional groups attached to an aromatic ring is 1. The molecule has 0 saturated carbocycles. The highest BCUT2D eigenvalue weighted by Gasteiger charge is 2.58. The second-order valence-corrected chi connectivity index (χ2v) is 7.30. The van der Waals surface area contributed by atoms with Crippen LogP contribution in [-0.2, 0) is 16.5 Å². The molecule has 2 aromatic heterocycles. The summed E-state index contributed by atoms with van der Waals surface area (Å²) >= 11 is 0. The molecule has 2 aromatic rings. The summed E-state index contributed by atoms with van der Waals surface area (Å²) in [7, 11) is 1.24. The molecule has 1 aliphatic heterocycles. The number of aliphatic hydroxyl groups is 1. The molecule has 1 aliphatic rings. The third-order valence-corrected chi connectivity index (χ3v) is 5.18. The Morgan fingerprint density at radius 1 is 1.13 bits per heavy atom. The van der Waals surface area contributed by atoms with Gasteiger partial charge in [0.25, 0.3) is 11.8 Å². The molecule has 0 spiro atoms. The van der Waals surface area contributed by atoms with Crippen LogP contribution < -0.4 is 5.73 Å². The van der Waals surface area contributed by atoms with Crippen LogP contribution in [-0.4, -0.2) is 33.6 Å². The van der Waals surface area contributed by atoms with Gasteiger partial charge in [-0.25, -0.2) is 4.98 Å².